The van der Waals surface area contributed by atoms with Gasteiger partial charge in [0, 0.05) is 45.6 Å². The number of rotatable bonds is 5. The van der Waals surface area contributed by atoms with Crippen LogP contribution in [0.15, 0.2) is 84.9 Å². The average molecular weight is 459 g/mol. The molecule has 1 aliphatic rings. The first-order valence-electron chi connectivity index (χ1n) is 11.2. The Morgan fingerprint density at radius 1 is 0.667 bits per heavy atom. The molecule has 4 rings (SSSR count). The van der Waals surface area contributed by atoms with Crippen molar-refractivity contribution in [3.05, 3.63) is 107 Å². The molecule has 4 heteroatoms. The lowest BCUT2D eigenvalue weighted by Crippen LogP contribution is -2.72. The maximum atomic E-state index is 3.52. The second-order valence-corrected chi connectivity index (χ2v) is 8.49. The minimum Gasteiger partial charge on any atom is -0.378 e. The molecule has 170 valence electrons. The summed E-state index contributed by atoms with van der Waals surface area (Å²) in [5, 5.41) is 0. The van der Waals surface area contributed by atoms with Crippen LogP contribution in [-0.4, -0.2) is 40.4 Å². The third kappa shape index (κ3) is 5.04. The molecule has 0 fully saturated rings. The lowest BCUT2D eigenvalue weighted by molar-refractivity contribution is -0.450. The van der Waals surface area contributed by atoms with Gasteiger partial charge in [-0.2, -0.15) is 0 Å². The zero-order valence-electron chi connectivity index (χ0n) is 20.1. The van der Waals surface area contributed by atoms with Gasteiger partial charge in [0.05, 0.1) is 5.56 Å². The van der Waals surface area contributed by atoms with Gasteiger partial charge in [-0.15, -0.1) is 12.4 Å². The van der Waals surface area contributed by atoms with Crippen LogP contribution >= 0.6 is 12.4 Å². The number of anilines is 2. The average Bonchev–Trinajstić information content (AvgIpc) is 2.81. The maximum Gasteiger partial charge on any atom is 0.206 e. The van der Waals surface area contributed by atoms with Crippen molar-refractivity contribution in [1.29, 1.82) is 0 Å². The van der Waals surface area contributed by atoms with Gasteiger partial charge < -0.3 is 9.80 Å². The standard InChI is InChI=1S/C29H31N3.ClH/c1-6-30-28-20-19-27(25-9-7-8-10-26(25)28)29(21-11-15-23(16-12-21)31(2)3)22-13-17-24(18-14-22)32(4)5;/h7-20H,6H2,1-5H3;1H/p+1. The molecule has 0 spiro atoms. The predicted molar refractivity (Wildman–Crippen MR) is 146 cm³/mol. The molecule has 0 radical (unpaired) electrons. The molecule has 0 atom stereocenters. The smallest absolute Gasteiger partial charge is 0.206 e. The second kappa shape index (κ2) is 10.5. The zero-order valence-corrected chi connectivity index (χ0v) is 20.9. The van der Waals surface area contributed by atoms with E-state index in [1.54, 1.807) is 0 Å². The highest BCUT2D eigenvalue weighted by molar-refractivity contribution is 6.17. The summed E-state index contributed by atoms with van der Waals surface area (Å²) in [4.78, 5) is 7.79. The largest absolute Gasteiger partial charge is 0.378 e. The Balaban J connectivity index is 0.00000306. The molecule has 1 N–H and O–H groups in total. The molecule has 3 aromatic rings. The molecule has 0 heterocycles. The Bertz CT molecular complexity index is 1130. The fraction of sp³-hybridized carbons (Fsp3) is 0.207. The van der Waals surface area contributed by atoms with Crippen LogP contribution in [0.2, 0.25) is 0 Å². The van der Waals surface area contributed by atoms with Gasteiger partial charge in [-0.05, 0) is 71.2 Å². The van der Waals surface area contributed by atoms with Crippen molar-refractivity contribution < 1.29 is 4.99 Å². The predicted octanol–water partition coefficient (Wildman–Crippen LogP) is 4.66. The van der Waals surface area contributed by atoms with E-state index in [1.165, 1.54) is 50.5 Å². The number of nitrogens with zero attached hydrogens (tertiary/aromatic N) is 2. The van der Waals surface area contributed by atoms with Gasteiger partial charge in [0.2, 0.25) is 5.71 Å². The van der Waals surface area contributed by atoms with E-state index in [0.717, 1.165) is 6.54 Å². The summed E-state index contributed by atoms with van der Waals surface area (Å²) in [7, 11) is 8.30. The van der Waals surface area contributed by atoms with Gasteiger partial charge in [0.25, 0.3) is 0 Å². The number of fused-ring (bicyclic) bond motifs is 1. The third-order valence-corrected chi connectivity index (χ3v) is 5.91. The number of hydrogen-bond acceptors (Lipinski definition) is 2. The molecule has 0 saturated heterocycles. The van der Waals surface area contributed by atoms with Gasteiger partial charge in [0.1, 0.15) is 6.54 Å². The molecule has 0 saturated carbocycles. The van der Waals surface area contributed by atoms with Gasteiger partial charge in [-0.3, -0.25) is 0 Å². The number of nitrogens with one attached hydrogen (secondary N) is 1. The topological polar surface area (TPSA) is 20.5 Å². The van der Waals surface area contributed by atoms with Crippen LogP contribution in [0.25, 0.3) is 11.1 Å². The number of halogens is 1. The van der Waals surface area contributed by atoms with Crippen molar-refractivity contribution >= 4 is 40.6 Å². The second-order valence-electron chi connectivity index (χ2n) is 8.49. The molecular weight excluding hydrogens is 426 g/mol. The Kier molecular flexibility index (Phi) is 7.78. The lowest BCUT2D eigenvalue weighted by Gasteiger charge is -2.21. The van der Waals surface area contributed by atoms with Crippen LogP contribution < -0.4 is 14.8 Å². The van der Waals surface area contributed by atoms with E-state index in [-0.39, 0.29) is 12.4 Å². The fourth-order valence-corrected chi connectivity index (χ4v) is 4.19. The molecule has 0 aromatic heterocycles. The molecule has 0 aliphatic heterocycles. The summed E-state index contributed by atoms with van der Waals surface area (Å²) in [5.74, 6) is 0. The van der Waals surface area contributed by atoms with Crippen LogP contribution in [0, 0.1) is 0 Å². The molecule has 3 nitrogen and oxygen atoms in total. The van der Waals surface area contributed by atoms with Gasteiger partial charge in [-0.25, -0.2) is 4.99 Å². The highest BCUT2D eigenvalue weighted by atomic mass is 35.5. The normalized spacial score (nSPS) is 13.4. The van der Waals surface area contributed by atoms with E-state index in [4.69, 9.17) is 0 Å². The molecule has 33 heavy (non-hydrogen) atoms. The Hall–Kier alpha value is -3.30. The number of allylic oxidation sites excluding steroid dienone is 3. The molecule has 3 aromatic carbocycles. The van der Waals surface area contributed by atoms with Crippen LogP contribution in [-0.2, 0) is 0 Å². The summed E-state index contributed by atoms with van der Waals surface area (Å²) >= 11 is 0. The van der Waals surface area contributed by atoms with E-state index in [9.17, 15) is 0 Å². The SMILES string of the molecule is CC[NH+]=C1C=CC(=C(c2ccc(N(C)C)cc2)c2ccc(N(C)C)cc2)c2ccccc21.Cl. The first kappa shape index (κ1) is 24.3. The van der Waals surface area contributed by atoms with E-state index in [0.29, 0.717) is 0 Å². The van der Waals surface area contributed by atoms with Crippen molar-refractivity contribution in [3.63, 3.8) is 0 Å². The Morgan fingerprint density at radius 2 is 1.15 bits per heavy atom. The first-order chi connectivity index (χ1) is 15.5. The summed E-state index contributed by atoms with van der Waals surface area (Å²) in [6.45, 7) is 3.04. The van der Waals surface area contributed by atoms with Crippen LogP contribution in [0.5, 0.6) is 0 Å². The van der Waals surface area contributed by atoms with Crippen molar-refractivity contribution in [2.24, 2.45) is 0 Å². The van der Waals surface area contributed by atoms with Crippen LogP contribution in [0.1, 0.15) is 29.2 Å². The summed E-state index contributed by atoms with van der Waals surface area (Å²) < 4.78 is 0. The summed E-state index contributed by atoms with van der Waals surface area (Å²) in [5.41, 5.74) is 11.0. The monoisotopic (exact) mass is 458 g/mol. The Morgan fingerprint density at radius 3 is 1.61 bits per heavy atom. The molecule has 0 unspecified atom stereocenters. The van der Waals surface area contributed by atoms with E-state index < -0.39 is 0 Å². The van der Waals surface area contributed by atoms with E-state index in [1.807, 2.05) is 0 Å². The van der Waals surface area contributed by atoms with E-state index >= 15 is 0 Å². The highest BCUT2D eigenvalue weighted by Gasteiger charge is 2.22. The quantitative estimate of drug-likeness (QED) is 0.600. The molecule has 0 amide bonds. The molecular formula is C29H33ClN3+. The van der Waals surface area contributed by atoms with Crippen molar-refractivity contribution in [2.75, 3.05) is 44.5 Å². The van der Waals surface area contributed by atoms with Crippen molar-refractivity contribution in [2.45, 2.75) is 6.92 Å². The number of hydrogen-bond donors (Lipinski definition) is 1. The van der Waals surface area contributed by atoms with Crippen LogP contribution in [0.4, 0.5) is 11.4 Å². The number of benzene rings is 3. The summed E-state index contributed by atoms with van der Waals surface area (Å²) in [6, 6.07) is 26.4. The lowest BCUT2D eigenvalue weighted by atomic mass is 9.83. The fourth-order valence-electron chi connectivity index (χ4n) is 4.19. The minimum atomic E-state index is 0. The zero-order chi connectivity index (χ0) is 22.7. The molecule has 0 bridgehead atoms. The van der Waals surface area contributed by atoms with Gasteiger partial charge in [0.15, 0.2) is 0 Å². The minimum absolute atomic E-state index is 0. The first-order valence-corrected chi connectivity index (χ1v) is 11.2. The highest BCUT2D eigenvalue weighted by Crippen LogP contribution is 2.37. The van der Waals surface area contributed by atoms with Crippen molar-refractivity contribution in [3.8, 4) is 0 Å². The molecule has 1 aliphatic carbocycles. The van der Waals surface area contributed by atoms with E-state index in [2.05, 4.69) is 135 Å². The Labute approximate surface area is 204 Å². The third-order valence-electron chi connectivity index (χ3n) is 5.91. The van der Waals surface area contributed by atoms with Crippen molar-refractivity contribution in [1.82, 2.24) is 0 Å². The van der Waals surface area contributed by atoms with Gasteiger partial charge in [-0.1, -0.05) is 42.5 Å². The maximum absolute atomic E-state index is 3.52. The van der Waals surface area contributed by atoms with Gasteiger partial charge >= 0.3 is 0 Å². The summed E-state index contributed by atoms with van der Waals surface area (Å²) in [6.07, 6.45) is 4.47. The van der Waals surface area contributed by atoms with Crippen LogP contribution in [0.3, 0.4) is 0 Å².